The van der Waals surface area contributed by atoms with Crippen LogP contribution in [-0.4, -0.2) is 24.2 Å². The van der Waals surface area contributed by atoms with Gasteiger partial charge in [-0.25, -0.2) is 0 Å². The summed E-state index contributed by atoms with van der Waals surface area (Å²) >= 11 is 6.15. The first-order chi connectivity index (χ1) is 10.1. The molecule has 0 heterocycles. The van der Waals surface area contributed by atoms with E-state index in [1.165, 1.54) is 0 Å². The lowest BCUT2D eigenvalue weighted by atomic mass is 9.97. The summed E-state index contributed by atoms with van der Waals surface area (Å²) in [4.78, 5) is 11.1. The number of esters is 1. The molecule has 2 atom stereocenters. The predicted octanol–water partition coefficient (Wildman–Crippen LogP) is 4.24. The van der Waals surface area contributed by atoms with E-state index in [-0.39, 0.29) is 6.29 Å². The number of hydrogen-bond donors (Lipinski definition) is 0. The maximum atomic E-state index is 12.1. The van der Waals surface area contributed by atoms with Crippen molar-refractivity contribution in [2.24, 2.45) is 0 Å². The van der Waals surface area contributed by atoms with E-state index in [0.717, 1.165) is 5.56 Å². The Labute approximate surface area is 137 Å². The molecule has 4 nitrogen and oxygen atoms in total. The molecular formula is C17H25ClO4. The topological polar surface area (TPSA) is 44.8 Å². The van der Waals surface area contributed by atoms with Crippen LogP contribution in [0.15, 0.2) is 24.3 Å². The molecule has 1 aromatic rings. The monoisotopic (exact) mass is 328 g/mol. The van der Waals surface area contributed by atoms with Crippen LogP contribution in [0, 0.1) is 0 Å². The second-order valence-electron chi connectivity index (χ2n) is 5.90. The zero-order valence-corrected chi connectivity index (χ0v) is 14.9. The van der Waals surface area contributed by atoms with Crippen molar-refractivity contribution in [3.63, 3.8) is 0 Å². The lowest BCUT2D eigenvalue weighted by Crippen LogP contribution is -2.36. The smallest absolute Gasteiger partial charge is 0.327 e. The van der Waals surface area contributed by atoms with Gasteiger partial charge in [0, 0.05) is 7.11 Å². The third-order valence-electron chi connectivity index (χ3n) is 3.62. The minimum absolute atomic E-state index is 0.321. The van der Waals surface area contributed by atoms with Crippen LogP contribution < -0.4 is 4.74 Å². The van der Waals surface area contributed by atoms with Crippen LogP contribution in [0.25, 0.3) is 0 Å². The number of carbonyl (C=O) groups excluding carboxylic acids is 1. The van der Waals surface area contributed by atoms with E-state index in [1.807, 2.05) is 52.0 Å². The normalized spacial score (nSPS) is 15.8. The standard InChI is InChI=1S/C17H25ClO4/c1-7-17(5,18)15(19)22-16(3,4)13-8-10-14(11-9-13)21-12(2)20-6/h8-12H,7H2,1-6H3. The average molecular weight is 329 g/mol. The van der Waals surface area contributed by atoms with Gasteiger partial charge >= 0.3 is 5.97 Å². The van der Waals surface area contributed by atoms with Crippen molar-refractivity contribution in [3.05, 3.63) is 29.8 Å². The number of benzene rings is 1. The third kappa shape index (κ3) is 4.89. The lowest BCUT2D eigenvalue weighted by Gasteiger charge is -2.30. The summed E-state index contributed by atoms with van der Waals surface area (Å²) in [6, 6.07) is 7.37. The number of carbonyl (C=O) groups is 1. The largest absolute Gasteiger partial charge is 0.465 e. The Kier molecular flexibility index (Phi) is 6.27. The summed E-state index contributed by atoms with van der Waals surface area (Å²) in [6.45, 7) is 8.99. The van der Waals surface area contributed by atoms with Gasteiger partial charge in [0.2, 0.25) is 0 Å². The van der Waals surface area contributed by atoms with Gasteiger partial charge in [-0.1, -0.05) is 19.1 Å². The van der Waals surface area contributed by atoms with E-state index in [0.29, 0.717) is 12.2 Å². The molecule has 0 saturated heterocycles. The number of alkyl halides is 1. The highest BCUT2D eigenvalue weighted by Crippen LogP contribution is 2.31. The van der Waals surface area contributed by atoms with E-state index >= 15 is 0 Å². The van der Waals surface area contributed by atoms with Gasteiger partial charge in [-0.2, -0.15) is 0 Å². The van der Waals surface area contributed by atoms with Crippen molar-refractivity contribution in [1.82, 2.24) is 0 Å². The molecule has 0 fully saturated rings. The zero-order valence-electron chi connectivity index (χ0n) is 14.1. The highest BCUT2D eigenvalue weighted by atomic mass is 35.5. The van der Waals surface area contributed by atoms with Crippen molar-refractivity contribution in [1.29, 1.82) is 0 Å². The molecule has 0 aliphatic carbocycles. The van der Waals surface area contributed by atoms with Crippen LogP contribution in [-0.2, 0) is 19.9 Å². The van der Waals surface area contributed by atoms with Crippen molar-refractivity contribution < 1.29 is 19.0 Å². The summed E-state index contributed by atoms with van der Waals surface area (Å²) in [5, 5.41) is 0. The van der Waals surface area contributed by atoms with E-state index < -0.39 is 16.4 Å². The van der Waals surface area contributed by atoms with Crippen LogP contribution in [0.1, 0.15) is 46.6 Å². The summed E-state index contributed by atoms with van der Waals surface area (Å²) in [6.07, 6.45) is 0.184. The predicted molar refractivity (Wildman–Crippen MR) is 87.2 cm³/mol. The maximum Gasteiger partial charge on any atom is 0.327 e. The summed E-state index contributed by atoms with van der Waals surface area (Å²) in [7, 11) is 1.58. The summed E-state index contributed by atoms with van der Waals surface area (Å²) in [5.74, 6) is 0.269. The van der Waals surface area contributed by atoms with Gasteiger partial charge in [0.05, 0.1) is 0 Å². The number of rotatable bonds is 7. The van der Waals surface area contributed by atoms with Crippen molar-refractivity contribution in [2.45, 2.75) is 57.8 Å². The molecule has 0 saturated carbocycles. The van der Waals surface area contributed by atoms with Crippen LogP contribution in [0.5, 0.6) is 5.75 Å². The summed E-state index contributed by atoms with van der Waals surface area (Å²) < 4.78 is 16.2. The molecule has 0 aromatic heterocycles. The molecule has 0 spiro atoms. The Morgan fingerprint density at radius 1 is 1.23 bits per heavy atom. The van der Waals surface area contributed by atoms with E-state index in [2.05, 4.69) is 0 Å². The van der Waals surface area contributed by atoms with Gasteiger partial charge in [0.25, 0.3) is 0 Å². The Morgan fingerprint density at radius 3 is 2.23 bits per heavy atom. The lowest BCUT2D eigenvalue weighted by molar-refractivity contribution is -0.160. The molecule has 0 radical (unpaired) electrons. The number of halogens is 1. The van der Waals surface area contributed by atoms with Crippen molar-refractivity contribution in [3.8, 4) is 5.75 Å². The summed E-state index contributed by atoms with van der Waals surface area (Å²) in [5.41, 5.74) is 0.0928. The van der Waals surface area contributed by atoms with Crippen LogP contribution in [0.3, 0.4) is 0 Å². The first-order valence-corrected chi connectivity index (χ1v) is 7.72. The van der Waals surface area contributed by atoms with E-state index in [9.17, 15) is 4.79 Å². The number of ether oxygens (including phenoxy) is 3. The Balaban J connectivity index is 2.83. The molecule has 22 heavy (non-hydrogen) atoms. The van der Waals surface area contributed by atoms with Crippen LogP contribution in [0.4, 0.5) is 0 Å². The molecule has 0 aliphatic heterocycles. The quantitative estimate of drug-likeness (QED) is 0.426. The molecule has 0 amide bonds. The molecule has 5 heteroatoms. The second-order valence-corrected chi connectivity index (χ2v) is 6.73. The van der Waals surface area contributed by atoms with Gasteiger partial charge in [0.15, 0.2) is 6.29 Å². The highest BCUT2D eigenvalue weighted by Gasteiger charge is 2.35. The van der Waals surface area contributed by atoms with E-state index in [1.54, 1.807) is 14.0 Å². The minimum Gasteiger partial charge on any atom is -0.465 e. The molecule has 1 rings (SSSR count). The van der Waals surface area contributed by atoms with Gasteiger partial charge in [-0.3, -0.25) is 4.79 Å². The fourth-order valence-corrected chi connectivity index (χ4v) is 1.75. The molecule has 1 aromatic carbocycles. The fraction of sp³-hybridized carbons (Fsp3) is 0.588. The van der Waals surface area contributed by atoms with Crippen molar-refractivity contribution >= 4 is 17.6 Å². The van der Waals surface area contributed by atoms with Crippen molar-refractivity contribution in [2.75, 3.05) is 7.11 Å². The fourth-order valence-electron chi connectivity index (χ4n) is 1.72. The Hall–Kier alpha value is -1.26. The first-order valence-electron chi connectivity index (χ1n) is 7.34. The maximum absolute atomic E-state index is 12.1. The van der Waals surface area contributed by atoms with Crippen LogP contribution >= 0.6 is 11.6 Å². The second kappa shape index (κ2) is 7.34. The molecule has 0 N–H and O–H groups in total. The average Bonchev–Trinajstić information content (AvgIpc) is 2.47. The molecular weight excluding hydrogens is 304 g/mol. The molecule has 124 valence electrons. The van der Waals surface area contributed by atoms with Gasteiger partial charge in [0.1, 0.15) is 16.2 Å². The molecule has 0 aliphatic rings. The zero-order chi connectivity index (χ0) is 17.0. The van der Waals surface area contributed by atoms with Gasteiger partial charge in [-0.05, 0) is 51.8 Å². The Morgan fingerprint density at radius 2 is 1.77 bits per heavy atom. The third-order valence-corrected chi connectivity index (χ3v) is 4.04. The number of methoxy groups -OCH3 is 1. The highest BCUT2D eigenvalue weighted by molar-refractivity contribution is 6.33. The van der Waals surface area contributed by atoms with Gasteiger partial charge < -0.3 is 14.2 Å². The first kappa shape index (κ1) is 18.8. The number of hydrogen-bond acceptors (Lipinski definition) is 4. The van der Waals surface area contributed by atoms with Gasteiger partial charge in [-0.15, -0.1) is 11.6 Å². The molecule has 0 bridgehead atoms. The molecule has 2 unspecified atom stereocenters. The van der Waals surface area contributed by atoms with Crippen LogP contribution in [0.2, 0.25) is 0 Å². The SMILES string of the molecule is CCC(C)(Cl)C(=O)OC(C)(C)c1ccc(OC(C)OC)cc1. The minimum atomic E-state index is -1.01. The Bertz CT molecular complexity index is 494. The van der Waals surface area contributed by atoms with E-state index in [4.69, 9.17) is 25.8 Å².